The van der Waals surface area contributed by atoms with Crippen LogP contribution in [0.25, 0.3) is 0 Å². The van der Waals surface area contributed by atoms with Crippen LogP contribution in [0.15, 0.2) is 35.6 Å². The molecule has 8 heteroatoms. The summed E-state index contributed by atoms with van der Waals surface area (Å²) >= 11 is 0. The molecule has 0 aliphatic carbocycles. The van der Waals surface area contributed by atoms with Gasteiger partial charge in [0, 0.05) is 50.5 Å². The van der Waals surface area contributed by atoms with Crippen molar-refractivity contribution in [3.05, 3.63) is 35.6 Å². The maximum absolute atomic E-state index is 12.8. The fraction of sp³-hybridized carbons (Fsp3) is 0.500. The van der Waals surface area contributed by atoms with Gasteiger partial charge >= 0.3 is 0 Å². The minimum atomic E-state index is -0.644. The summed E-state index contributed by atoms with van der Waals surface area (Å²) in [5, 5.41) is 16.2. The maximum Gasteiger partial charge on any atom is 0.264 e. The predicted octanol–water partition coefficient (Wildman–Crippen LogP) is 1.79. The van der Waals surface area contributed by atoms with Crippen molar-refractivity contribution in [1.82, 2.24) is 10.2 Å². The summed E-state index contributed by atoms with van der Waals surface area (Å²) in [5.41, 5.74) is 1.39. The van der Waals surface area contributed by atoms with Gasteiger partial charge in [0.2, 0.25) is 5.91 Å². The molecule has 3 amide bonds. The zero-order chi connectivity index (χ0) is 21.3. The van der Waals surface area contributed by atoms with Gasteiger partial charge in [0.05, 0.1) is 5.92 Å². The van der Waals surface area contributed by atoms with Gasteiger partial charge in [-0.05, 0) is 49.9 Å². The SMILES string of the molecule is CC(=O)N1CC[C@H]2NC(=O)C(C(=O)Nc3ccc(N4CCCCC4)cc3)=C(O)[C@@H]2C1. The lowest BCUT2D eigenvalue weighted by Crippen LogP contribution is -2.56. The van der Waals surface area contributed by atoms with Gasteiger partial charge in [0.1, 0.15) is 11.3 Å². The molecule has 30 heavy (non-hydrogen) atoms. The number of aliphatic hydroxyl groups excluding tert-OH is 1. The van der Waals surface area contributed by atoms with Crippen molar-refractivity contribution < 1.29 is 19.5 Å². The van der Waals surface area contributed by atoms with E-state index in [1.54, 1.807) is 17.0 Å². The Kier molecular flexibility index (Phi) is 5.65. The van der Waals surface area contributed by atoms with Crippen LogP contribution in [0, 0.1) is 5.92 Å². The summed E-state index contributed by atoms with van der Waals surface area (Å²) in [4.78, 5) is 40.9. The Bertz CT molecular complexity index is 874. The molecule has 2 atom stereocenters. The van der Waals surface area contributed by atoms with Crippen LogP contribution >= 0.6 is 0 Å². The van der Waals surface area contributed by atoms with E-state index in [9.17, 15) is 19.5 Å². The molecule has 1 aromatic carbocycles. The summed E-state index contributed by atoms with van der Waals surface area (Å²) in [6.45, 7) is 4.35. The number of hydrogen-bond acceptors (Lipinski definition) is 5. The monoisotopic (exact) mass is 412 g/mol. The van der Waals surface area contributed by atoms with Crippen LogP contribution in [0.2, 0.25) is 0 Å². The van der Waals surface area contributed by atoms with Crippen LogP contribution < -0.4 is 15.5 Å². The Labute approximate surface area is 175 Å². The largest absolute Gasteiger partial charge is 0.511 e. The number of anilines is 2. The molecular formula is C22H28N4O4. The van der Waals surface area contributed by atoms with E-state index in [1.165, 1.54) is 26.2 Å². The van der Waals surface area contributed by atoms with Crippen LogP contribution in [-0.4, -0.2) is 59.9 Å². The van der Waals surface area contributed by atoms with Crippen molar-refractivity contribution in [3.63, 3.8) is 0 Å². The number of rotatable bonds is 3. The van der Waals surface area contributed by atoms with E-state index in [0.717, 1.165) is 18.8 Å². The molecule has 3 heterocycles. The molecule has 4 rings (SSSR count). The fourth-order valence-corrected chi connectivity index (χ4v) is 4.55. The van der Waals surface area contributed by atoms with Gasteiger partial charge in [0.15, 0.2) is 0 Å². The van der Waals surface area contributed by atoms with Gasteiger partial charge in [0.25, 0.3) is 11.8 Å². The number of piperidine rings is 2. The van der Waals surface area contributed by atoms with E-state index in [-0.39, 0.29) is 29.8 Å². The highest BCUT2D eigenvalue weighted by Gasteiger charge is 2.42. The second-order valence-corrected chi connectivity index (χ2v) is 8.25. The van der Waals surface area contributed by atoms with Crippen LogP contribution in [0.1, 0.15) is 32.6 Å². The molecule has 3 N–H and O–H groups in total. The number of fused-ring (bicyclic) bond motifs is 1. The molecular weight excluding hydrogens is 384 g/mol. The van der Waals surface area contributed by atoms with Crippen LogP contribution in [0.4, 0.5) is 11.4 Å². The van der Waals surface area contributed by atoms with Gasteiger partial charge < -0.3 is 25.5 Å². The summed E-state index contributed by atoms with van der Waals surface area (Å²) < 4.78 is 0. The lowest BCUT2D eigenvalue weighted by molar-refractivity contribution is -0.131. The average Bonchev–Trinajstić information content (AvgIpc) is 2.74. The van der Waals surface area contributed by atoms with E-state index in [2.05, 4.69) is 15.5 Å². The normalized spacial score (nSPS) is 24.2. The fourth-order valence-electron chi connectivity index (χ4n) is 4.55. The van der Waals surface area contributed by atoms with Crippen molar-refractivity contribution in [1.29, 1.82) is 0 Å². The highest BCUT2D eigenvalue weighted by molar-refractivity contribution is 6.23. The molecule has 0 saturated carbocycles. The molecule has 0 unspecified atom stereocenters. The van der Waals surface area contributed by atoms with Crippen molar-refractivity contribution in [2.24, 2.45) is 5.92 Å². The third kappa shape index (κ3) is 3.99. The van der Waals surface area contributed by atoms with Crippen LogP contribution in [0.5, 0.6) is 0 Å². The molecule has 0 bridgehead atoms. The Morgan fingerprint density at radius 3 is 2.47 bits per heavy atom. The molecule has 160 valence electrons. The minimum Gasteiger partial charge on any atom is -0.511 e. The van der Waals surface area contributed by atoms with E-state index in [0.29, 0.717) is 18.7 Å². The van der Waals surface area contributed by atoms with Gasteiger partial charge in [-0.25, -0.2) is 0 Å². The van der Waals surface area contributed by atoms with Crippen molar-refractivity contribution in [2.45, 2.75) is 38.6 Å². The first kappa shape index (κ1) is 20.3. The Balaban J connectivity index is 1.48. The molecule has 3 aliphatic rings. The van der Waals surface area contributed by atoms with Crippen molar-refractivity contribution >= 4 is 29.1 Å². The quantitative estimate of drug-likeness (QED) is 0.657. The van der Waals surface area contributed by atoms with Crippen LogP contribution in [-0.2, 0) is 14.4 Å². The first-order valence-electron chi connectivity index (χ1n) is 10.6. The van der Waals surface area contributed by atoms with Crippen molar-refractivity contribution in [3.8, 4) is 0 Å². The highest BCUT2D eigenvalue weighted by Crippen LogP contribution is 2.30. The zero-order valence-electron chi connectivity index (χ0n) is 17.2. The first-order chi connectivity index (χ1) is 14.4. The number of nitrogens with zero attached hydrogens (tertiary/aromatic N) is 2. The standard InChI is InChI=1S/C22H28N4O4/c1-14(27)26-12-9-18-17(13-26)20(28)19(22(30)24-18)21(29)23-15-5-7-16(8-6-15)25-10-3-2-4-11-25/h5-8,17-18,28H,2-4,9-13H2,1H3,(H,23,29)(H,24,30)/t17-,18-/m1/s1. The average molecular weight is 412 g/mol. The molecule has 2 saturated heterocycles. The minimum absolute atomic E-state index is 0.0852. The lowest BCUT2D eigenvalue weighted by atomic mass is 9.84. The molecule has 3 aliphatic heterocycles. The summed E-state index contributed by atoms with van der Waals surface area (Å²) in [5.74, 6) is -2.01. The molecule has 0 spiro atoms. The molecule has 0 radical (unpaired) electrons. The van der Waals surface area contributed by atoms with Gasteiger partial charge in [-0.1, -0.05) is 0 Å². The number of aliphatic hydroxyl groups is 1. The van der Waals surface area contributed by atoms with Gasteiger partial charge in [-0.3, -0.25) is 14.4 Å². The number of benzene rings is 1. The van der Waals surface area contributed by atoms with Crippen LogP contribution in [0.3, 0.4) is 0 Å². The molecule has 2 fully saturated rings. The number of nitrogens with one attached hydrogen (secondary N) is 2. The maximum atomic E-state index is 12.8. The lowest BCUT2D eigenvalue weighted by Gasteiger charge is -2.40. The summed E-state index contributed by atoms with van der Waals surface area (Å²) in [6, 6.07) is 7.26. The van der Waals surface area contributed by atoms with Gasteiger partial charge in [-0.15, -0.1) is 0 Å². The third-order valence-corrected chi connectivity index (χ3v) is 6.28. The zero-order valence-corrected chi connectivity index (χ0v) is 17.2. The second kappa shape index (κ2) is 8.38. The first-order valence-corrected chi connectivity index (χ1v) is 10.6. The Morgan fingerprint density at radius 2 is 1.80 bits per heavy atom. The van der Waals surface area contributed by atoms with E-state index >= 15 is 0 Å². The summed E-state index contributed by atoms with van der Waals surface area (Å²) in [7, 11) is 0. The molecule has 1 aromatic rings. The summed E-state index contributed by atoms with van der Waals surface area (Å²) in [6.07, 6.45) is 4.18. The number of amides is 3. The van der Waals surface area contributed by atoms with Crippen molar-refractivity contribution in [2.75, 3.05) is 36.4 Å². The third-order valence-electron chi connectivity index (χ3n) is 6.28. The Hall–Kier alpha value is -3.03. The topological polar surface area (TPSA) is 102 Å². The van der Waals surface area contributed by atoms with Gasteiger partial charge in [-0.2, -0.15) is 0 Å². The Morgan fingerprint density at radius 1 is 1.10 bits per heavy atom. The van der Waals surface area contributed by atoms with E-state index < -0.39 is 17.7 Å². The number of carbonyl (C=O) groups is 3. The number of carbonyl (C=O) groups excluding carboxylic acids is 3. The number of hydrogen-bond donors (Lipinski definition) is 3. The molecule has 8 nitrogen and oxygen atoms in total. The predicted molar refractivity (Wildman–Crippen MR) is 113 cm³/mol. The number of likely N-dealkylation sites (tertiary alicyclic amines) is 1. The second-order valence-electron chi connectivity index (χ2n) is 8.25. The highest BCUT2D eigenvalue weighted by atomic mass is 16.3. The van der Waals surface area contributed by atoms with E-state index in [4.69, 9.17) is 0 Å². The smallest absolute Gasteiger partial charge is 0.264 e. The van der Waals surface area contributed by atoms with E-state index in [1.807, 2.05) is 12.1 Å². The molecule has 0 aromatic heterocycles.